The Morgan fingerprint density at radius 1 is 1.58 bits per heavy atom. The van der Waals surface area contributed by atoms with Crippen LogP contribution >= 0.6 is 18.9 Å². The largest absolute Gasteiger partial charge is 0.465 e. The van der Waals surface area contributed by atoms with Crippen molar-refractivity contribution in [2.75, 3.05) is 12.8 Å². The molecule has 2 aromatic rings. The summed E-state index contributed by atoms with van der Waals surface area (Å²) in [6, 6.07) is 1.12. The number of thiazole rings is 1. The van der Waals surface area contributed by atoms with Crippen molar-refractivity contribution in [1.29, 1.82) is 0 Å². The van der Waals surface area contributed by atoms with Gasteiger partial charge in [0, 0.05) is 0 Å². The summed E-state index contributed by atoms with van der Waals surface area (Å²) in [4.78, 5) is 33.8. The van der Waals surface area contributed by atoms with E-state index in [2.05, 4.69) is 9.72 Å². The van der Waals surface area contributed by atoms with Gasteiger partial charge in [0.05, 0.1) is 13.4 Å². The van der Waals surface area contributed by atoms with Gasteiger partial charge in [-0.15, -0.1) is 0 Å². The Hall–Kier alpha value is -1.67. The number of nitrogens with zero attached hydrogens (tertiary/aromatic N) is 1. The molecule has 4 N–H and O–H groups in total. The molecule has 10 heteroatoms. The lowest BCUT2D eigenvalue weighted by molar-refractivity contribution is 0.0606. The molecule has 0 aromatic carbocycles. The Balaban J connectivity index is 2.64. The van der Waals surface area contributed by atoms with E-state index in [-0.39, 0.29) is 26.8 Å². The van der Waals surface area contributed by atoms with Crippen molar-refractivity contribution in [2.24, 2.45) is 0 Å². The van der Waals surface area contributed by atoms with Gasteiger partial charge in [0.25, 0.3) is 0 Å². The number of nitrogen functional groups attached to an aromatic ring is 1. The van der Waals surface area contributed by atoms with Gasteiger partial charge in [0.2, 0.25) is 0 Å². The predicted molar refractivity (Wildman–Crippen MR) is 67.2 cm³/mol. The van der Waals surface area contributed by atoms with Crippen LogP contribution in [0.1, 0.15) is 9.67 Å². The van der Waals surface area contributed by atoms with Crippen molar-refractivity contribution >= 4 is 35.3 Å². The molecule has 2 rings (SSSR count). The van der Waals surface area contributed by atoms with E-state index < -0.39 is 13.6 Å². The maximum absolute atomic E-state index is 11.6. The summed E-state index contributed by atoms with van der Waals surface area (Å²) in [7, 11) is -3.37. The molecule has 0 unspecified atom stereocenters. The van der Waals surface area contributed by atoms with Crippen molar-refractivity contribution in [3.8, 4) is 11.5 Å². The lowest BCUT2D eigenvalue weighted by Gasteiger charge is -2.03. The first kappa shape index (κ1) is 13.8. The van der Waals surface area contributed by atoms with E-state index in [1.54, 1.807) is 0 Å². The Morgan fingerprint density at radius 3 is 2.84 bits per heavy atom. The SMILES string of the molecule is COC(=O)c1sc(N)nc1-c1occc1P(=O)(O)O. The third-order valence-electron chi connectivity index (χ3n) is 2.19. The molecule has 102 valence electrons. The zero-order valence-electron chi connectivity index (χ0n) is 9.56. The van der Waals surface area contributed by atoms with Gasteiger partial charge >= 0.3 is 13.6 Å². The first-order valence-electron chi connectivity index (χ1n) is 4.83. The third-order valence-corrected chi connectivity index (χ3v) is 4.03. The van der Waals surface area contributed by atoms with Crippen LogP contribution in [0, 0.1) is 0 Å². The number of rotatable bonds is 3. The molecule has 0 radical (unpaired) electrons. The van der Waals surface area contributed by atoms with Gasteiger partial charge in [-0.25, -0.2) is 9.78 Å². The number of carbonyl (C=O) groups excluding carboxylic acids is 1. The Bertz CT molecular complexity index is 672. The molecular weight excluding hydrogens is 295 g/mol. The molecule has 0 saturated heterocycles. The van der Waals surface area contributed by atoms with Crippen LogP contribution in [-0.4, -0.2) is 27.8 Å². The summed E-state index contributed by atoms with van der Waals surface area (Å²) < 4.78 is 20.9. The highest BCUT2D eigenvalue weighted by Crippen LogP contribution is 2.40. The molecule has 0 bridgehead atoms. The molecule has 0 aliphatic rings. The van der Waals surface area contributed by atoms with Crippen LogP contribution in [0.4, 0.5) is 5.13 Å². The summed E-state index contributed by atoms with van der Waals surface area (Å²) in [5.41, 5.74) is 5.46. The minimum Gasteiger partial charge on any atom is -0.465 e. The number of anilines is 1. The summed E-state index contributed by atoms with van der Waals surface area (Å²) in [6.45, 7) is 0. The number of hydrogen-bond donors (Lipinski definition) is 3. The average molecular weight is 304 g/mol. The normalized spacial score (nSPS) is 11.5. The maximum atomic E-state index is 11.6. The van der Waals surface area contributed by atoms with Crippen molar-refractivity contribution in [3.05, 3.63) is 17.2 Å². The summed E-state index contributed by atoms with van der Waals surface area (Å²) in [5.74, 6) is -0.904. The number of carbonyl (C=O) groups is 1. The van der Waals surface area contributed by atoms with Crippen LogP contribution in [0.15, 0.2) is 16.7 Å². The van der Waals surface area contributed by atoms with E-state index in [0.717, 1.165) is 23.7 Å². The van der Waals surface area contributed by atoms with Gasteiger partial charge < -0.3 is 24.7 Å². The second-order valence-electron chi connectivity index (χ2n) is 3.40. The van der Waals surface area contributed by atoms with E-state index in [1.165, 1.54) is 7.11 Å². The summed E-state index contributed by atoms with van der Waals surface area (Å²) in [6.07, 6.45) is 1.10. The van der Waals surface area contributed by atoms with Crippen LogP contribution in [0.25, 0.3) is 11.5 Å². The van der Waals surface area contributed by atoms with E-state index in [9.17, 15) is 19.1 Å². The van der Waals surface area contributed by atoms with Gasteiger partial charge in [0.1, 0.15) is 15.9 Å². The zero-order chi connectivity index (χ0) is 14.2. The highest BCUT2D eigenvalue weighted by Gasteiger charge is 2.30. The van der Waals surface area contributed by atoms with Crippen molar-refractivity contribution in [2.45, 2.75) is 0 Å². The molecule has 19 heavy (non-hydrogen) atoms. The van der Waals surface area contributed by atoms with Crippen molar-refractivity contribution in [3.63, 3.8) is 0 Å². The third kappa shape index (κ3) is 2.54. The van der Waals surface area contributed by atoms with E-state index in [4.69, 9.17) is 10.2 Å². The van der Waals surface area contributed by atoms with Gasteiger partial charge in [-0.3, -0.25) is 4.57 Å². The summed E-state index contributed by atoms with van der Waals surface area (Å²) in [5, 5.41) is -0.300. The first-order valence-corrected chi connectivity index (χ1v) is 7.26. The molecule has 2 heterocycles. The number of ether oxygens (including phenoxy) is 1. The van der Waals surface area contributed by atoms with Crippen molar-refractivity contribution in [1.82, 2.24) is 4.98 Å². The van der Waals surface area contributed by atoms with Crippen molar-refractivity contribution < 1.29 is 28.3 Å². The minimum absolute atomic E-state index is 0.0182. The van der Waals surface area contributed by atoms with Gasteiger partial charge in [-0.1, -0.05) is 11.3 Å². The van der Waals surface area contributed by atoms with Gasteiger partial charge in [-0.05, 0) is 6.07 Å². The van der Waals surface area contributed by atoms with Gasteiger partial charge in [-0.2, -0.15) is 0 Å². The van der Waals surface area contributed by atoms with Crippen LogP contribution < -0.4 is 11.0 Å². The molecule has 0 saturated carbocycles. The lowest BCUT2D eigenvalue weighted by atomic mass is 10.3. The Labute approximate surface area is 111 Å². The van der Waals surface area contributed by atoms with Crippen LogP contribution in [0.2, 0.25) is 0 Å². The topological polar surface area (TPSA) is 136 Å². The zero-order valence-corrected chi connectivity index (χ0v) is 11.3. The number of aromatic nitrogens is 1. The number of methoxy groups -OCH3 is 1. The second kappa shape index (κ2) is 4.78. The summed E-state index contributed by atoms with van der Waals surface area (Å²) >= 11 is 0.844. The molecule has 2 aromatic heterocycles. The first-order chi connectivity index (χ1) is 8.84. The highest BCUT2D eigenvalue weighted by molar-refractivity contribution is 7.60. The van der Waals surface area contributed by atoms with E-state index in [0.29, 0.717) is 0 Å². The molecule has 0 spiro atoms. The molecule has 0 fully saturated rings. The quantitative estimate of drug-likeness (QED) is 0.553. The molecule has 0 atom stereocenters. The van der Waals surface area contributed by atoms with E-state index in [1.807, 2.05) is 0 Å². The minimum atomic E-state index is -4.54. The number of nitrogens with two attached hydrogens (primary N) is 1. The maximum Gasteiger partial charge on any atom is 0.360 e. The fourth-order valence-corrected chi connectivity index (χ4v) is 2.86. The van der Waals surface area contributed by atoms with Gasteiger partial charge in [0.15, 0.2) is 10.9 Å². The highest BCUT2D eigenvalue weighted by atomic mass is 32.1. The monoisotopic (exact) mass is 304 g/mol. The fraction of sp³-hybridized carbons (Fsp3) is 0.111. The lowest BCUT2D eigenvalue weighted by Crippen LogP contribution is -2.07. The van der Waals surface area contributed by atoms with E-state index >= 15 is 0 Å². The number of esters is 1. The number of furan rings is 1. The smallest absolute Gasteiger partial charge is 0.360 e. The second-order valence-corrected chi connectivity index (χ2v) is 6.00. The van der Waals surface area contributed by atoms with Crippen LogP contribution in [0.3, 0.4) is 0 Å². The standard InChI is InChI=1S/C9H9N2O6PS/c1-16-8(12)7-5(11-9(10)19-7)6-4(2-3-17-6)18(13,14)15/h2-3H,1H3,(H2,10,11)(H2,13,14,15). The molecule has 0 aliphatic carbocycles. The predicted octanol–water partition coefficient (Wildman–Crippen LogP) is 0.575. The fourth-order valence-electron chi connectivity index (χ4n) is 1.43. The van der Waals surface area contributed by atoms with Crippen LogP contribution in [-0.2, 0) is 9.30 Å². The molecule has 8 nitrogen and oxygen atoms in total. The van der Waals surface area contributed by atoms with Crippen LogP contribution in [0.5, 0.6) is 0 Å². The average Bonchev–Trinajstić information content (AvgIpc) is 2.92. The number of hydrogen-bond acceptors (Lipinski definition) is 7. The Kier molecular flexibility index (Phi) is 3.46. The molecule has 0 aliphatic heterocycles. The Morgan fingerprint density at radius 2 is 2.26 bits per heavy atom. The molecular formula is C9H9N2O6PS. The molecule has 0 amide bonds.